The summed E-state index contributed by atoms with van der Waals surface area (Å²) in [7, 11) is 0. The molecule has 0 radical (unpaired) electrons. The van der Waals surface area contributed by atoms with Crippen LogP contribution in [0.5, 0.6) is 0 Å². The van der Waals surface area contributed by atoms with Crippen molar-refractivity contribution >= 4 is 29.9 Å². The van der Waals surface area contributed by atoms with Crippen LogP contribution in [-0.4, -0.2) is 36.5 Å². The number of carbonyl (C=O) groups excluding carboxylic acids is 2. The van der Waals surface area contributed by atoms with Crippen molar-refractivity contribution in [1.82, 2.24) is 10.6 Å². The van der Waals surface area contributed by atoms with Gasteiger partial charge in [-0.05, 0) is 63.5 Å². The van der Waals surface area contributed by atoms with E-state index in [1.54, 1.807) is 0 Å². The molecule has 3 aliphatic rings. The van der Waals surface area contributed by atoms with E-state index in [-0.39, 0.29) is 30.3 Å². The van der Waals surface area contributed by atoms with Crippen molar-refractivity contribution < 1.29 is 9.59 Å². The molecule has 0 aliphatic carbocycles. The van der Waals surface area contributed by atoms with Crippen LogP contribution < -0.4 is 15.5 Å². The Kier molecular flexibility index (Phi) is 6.43. The van der Waals surface area contributed by atoms with Gasteiger partial charge in [0.25, 0.3) is 0 Å². The van der Waals surface area contributed by atoms with E-state index in [2.05, 4.69) is 10.6 Å². The summed E-state index contributed by atoms with van der Waals surface area (Å²) in [5, 5.41) is 6.64. The van der Waals surface area contributed by atoms with E-state index >= 15 is 0 Å². The Labute approximate surface area is 167 Å². The molecular weight excluding hydrogens is 362 g/mol. The number of nitrogens with one attached hydrogen (secondary N) is 2. The lowest BCUT2D eigenvalue weighted by molar-refractivity contribution is -0.129. The zero-order valence-electron chi connectivity index (χ0n) is 15.9. The zero-order chi connectivity index (χ0) is 18.1. The molecule has 3 fully saturated rings. The van der Waals surface area contributed by atoms with Gasteiger partial charge in [-0.3, -0.25) is 9.59 Å². The quantitative estimate of drug-likeness (QED) is 0.829. The van der Waals surface area contributed by atoms with Crippen LogP contribution >= 0.6 is 12.4 Å². The average Bonchev–Trinajstić information content (AvgIpc) is 2.96. The highest BCUT2D eigenvalue weighted by Gasteiger charge is 2.35. The molecule has 3 atom stereocenters. The first-order valence-electron chi connectivity index (χ1n) is 10.0. The van der Waals surface area contributed by atoms with Gasteiger partial charge in [-0.25, -0.2) is 0 Å². The topological polar surface area (TPSA) is 61.4 Å². The second-order valence-corrected chi connectivity index (χ2v) is 8.27. The number of piperidine rings is 2. The molecule has 27 heavy (non-hydrogen) atoms. The highest BCUT2D eigenvalue weighted by molar-refractivity contribution is 5.99. The van der Waals surface area contributed by atoms with Crippen molar-refractivity contribution in [3.05, 3.63) is 29.8 Å². The maximum atomic E-state index is 12.9. The maximum absolute atomic E-state index is 12.9. The van der Waals surface area contributed by atoms with Gasteiger partial charge in [-0.1, -0.05) is 17.7 Å². The molecule has 2 N–H and O–H groups in total. The number of hydrogen-bond acceptors (Lipinski definition) is 3. The van der Waals surface area contributed by atoms with Crippen LogP contribution in [0.4, 0.5) is 5.69 Å². The normalized spacial score (nSPS) is 30.0. The summed E-state index contributed by atoms with van der Waals surface area (Å²) in [4.78, 5) is 27.2. The van der Waals surface area contributed by atoms with Gasteiger partial charge < -0.3 is 15.5 Å². The van der Waals surface area contributed by atoms with Crippen molar-refractivity contribution in [2.24, 2.45) is 5.92 Å². The average molecular weight is 392 g/mol. The Morgan fingerprint density at radius 1 is 1.15 bits per heavy atom. The molecule has 2 amide bonds. The number of aryl methyl sites for hydroxylation is 1. The molecule has 5 nitrogen and oxygen atoms in total. The van der Waals surface area contributed by atoms with Crippen LogP contribution in [0.25, 0.3) is 0 Å². The highest BCUT2D eigenvalue weighted by Crippen LogP contribution is 2.32. The Bertz CT molecular complexity index is 667. The monoisotopic (exact) mass is 391 g/mol. The number of halogens is 1. The first-order valence-corrected chi connectivity index (χ1v) is 10.0. The highest BCUT2D eigenvalue weighted by atomic mass is 35.5. The minimum atomic E-state index is -0.379. The van der Waals surface area contributed by atoms with E-state index in [1.807, 2.05) is 36.1 Å². The first-order chi connectivity index (χ1) is 12.6. The number of carbonyl (C=O) groups is 2. The molecule has 6 heteroatoms. The molecular formula is C21H30ClN3O2. The van der Waals surface area contributed by atoms with Gasteiger partial charge in [0.2, 0.25) is 11.8 Å². The number of hydrogen-bond donors (Lipinski definition) is 2. The number of amides is 2. The summed E-state index contributed by atoms with van der Waals surface area (Å²) < 4.78 is 0. The Morgan fingerprint density at radius 3 is 2.48 bits per heavy atom. The lowest BCUT2D eigenvalue weighted by Crippen LogP contribution is -2.53. The fourth-order valence-electron chi connectivity index (χ4n) is 4.85. The summed E-state index contributed by atoms with van der Waals surface area (Å²) in [6.07, 6.45) is 6.90. The van der Waals surface area contributed by atoms with E-state index in [4.69, 9.17) is 0 Å². The van der Waals surface area contributed by atoms with Gasteiger partial charge in [0.1, 0.15) is 6.04 Å². The van der Waals surface area contributed by atoms with Gasteiger partial charge >= 0.3 is 0 Å². The molecule has 4 rings (SSSR count). The fraction of sp³-hybridized carbons (Fsp3) is 0.619. The maximum Gasteiger partial charge on any atom is 0.249 e. The van der Waals surface area contributed by atoms with Crippen LogP contribution in [0, 0.1) is 12.8 Å². The van der Waals surface area contributed by atoms with Gasteiger partial charge in [0.05, 0.1) is 0 Å². The van der Waals surface area contributed by atoms with E-state index in [1.165, 1.54) is 18.4 Å². The van der Waals surface area contributed by atoms with Crippen molar-refractivity contribution in [3.63, 3.8) is 0 Å². The van der Waals surface area contributed by atoms with E-state index < -0.39 is 0 Å². The van der Waals surface area contributed by atoms with Gasteiger partial charge in [0, 0.05) is 30.7 Å². The lowest BCUT2D eigenvalue weighted by atomic mass is 9.89. The fourth-order valence-corrected chi connectivity index (χ4v) is 4.85. The molecule has 3 heterocycles. The van der Waals surface area contributed by atoms with Crippen LogP contribution in [0.15, 0.2) is 24.3 Å². The summed E-state index contributed by atoms with van der Waals surface area (Å²) >= 11 is 0. The minimum absolute atomic E-state index is 0. The predicted molar refractivity (Wildman–Crippen MR) is 109 cm³/mol. The second-order valence-electron chi connectivity index (χ2n) is 8.27. The first kappa shape index (κ1) is 20.2. The number of fused-ring (bicyclic) bond motifs is 2. The standard InChI is InChI=1S/C21H29N3O2.ClH/c1-14-4-8-18(9-5-14)24-10-2-3-19(21(24)26)23-20(25)13-15-11-16-6-7-17(12-15)22-16;/h4-5,8-9,15-17,19,22H,2-3,6-7,10-13H2,1H3,(H,23,25);1H. The number of benzene rings is 1. The number of nitrogens with zero attached hydrogens (tertiary/aromatic N) is 1. The summed E-state index contributed by atoms with van der Waals surface area (Å²) in [6.45, 7) is 2.77. The molecule has 1 aromatic rings. The van der Waals surface area contributed by atoms with Crippen molar-refractivity contribution in [2.75, 3.05) is 11.4 Å². The molecule has 3 unspecified atom stereocenters. The van der Waals surface area contributed by atoms with E-state index in [9.17, 15) is 9.59 Å². The van der Waals surface area contributed by atoms with Gasteiger partial charge in [-0.2, -0.15) is 0 Å². The summed E-state index contributed by atoms with van der Waals surface area (Å²) in [5.41, 5.74) is 2.11. The van der Waals surface area contributed by atoms with E-state index in [0.717, 1.165) is 37.9 Å². The van der Waals surface area contributed by atoms with E-state index in [0.29, 0.717) is 24.4 Å². The van der Waals surface area contributed by atoms with Crippen molar-refractivity contribution in [3.8, 4) is 0 Å². The van der Waals surface area contributed by atoms with Crippen LogP contribution in [-0.2, 0) is 9.59 Å². The minimum Gasteiger partial charge on any atom is -0.344 e. The molecule has 2 bridgehead atoms. The van der Waals surface area contributed by atoms with Gasteiger partial charge in [0.15, 0.2) is 0 Å². The molecule has 3 saturated heterocycles. The third-order valence-electron chi connectivity index (χ3n) is 6.16. The Morgan fingerprint density at radius 2 is 1.81 bits per heavy atom. The third-order valence-corrected chi connectivity index (χ3v) is 6.16. The molecule has 1 aromatic carbocycles. The lowest BCUT2D eigenvalue weighted by Gasteiger charge is -2.33. The summed E-state index contributed by atoms with van der Waals surface area (Å²) in [5.74, 6) is 0.528. The van der Waals surface area contributed by atoms with Crippen LogP contribution in [0.3, 0.4) is 0 Å². The van der Waals surface area contributed by atoms with Crippen LogP contribution in [0.2, 0.25) is 0 Å². The number of rotatable bonds is 4. The zero-order valence-corrected chi connectivity index (χ0v) is 16.8. The smallest absolute Gasteiger partial charge is 0.249 e. The SMILES string of the molecule is Cc1ccc(N2CCCC(NC(=O)CC3CC4CCC(C3)N4)C2=O)cc1.Cl. The third kappa shape index (κ3) is 4.64. The Hall–Kier alpha value is -1.59. The number of anilines is 1. The largest absolute Gasteiger partial charge is 0.344 e. The molecule has 3 aliphatic heterocycles. The predicted octanol–water partition coefficient (Wildman–Crippen LogP) is 2.95. The molecule has 0 aromatic heterocycles. The summed E-state index contributed by atoms with van der Waals surface area (Å²) in [6, 6.07) is 8.84. The van der Waals surface area contributed by atoms with Crippen LogP contribution in [0.1, 0.15) is 50.5 Å². The molecule has 148 valence electrons. The molecule has 0 saturated carbocycles. The van der Waals surface area contributed by atoms with Crippen molar-refractivity contribution in [2.45, 2.75) is 70.0 Å². The molecule has 0 spiro atoms. The second kappa shape index (κ2) is 8.61. The van der Waals surface area contributed by atoms with Gasteiger partial charge in [-0.15, -0.1) is 12.4 Å². The van der Waals surface area contributed by atoms with Crippen molar-refractivity contribution in [1.29, 1.82) is 0 Å². The Balaban J connectivity index is 0.00000210.